The van der Waals surface area contributed by atoms with Crippen molar-refractivity contribution in [2.75, 3.05) is 6.54 Å². The number of halogens is 1. The van der Waals surface area contributed by atoms with Gasteiger partial charge < -0.3 is 10.6 Å². The third-order valence-corrected chi connectivity index (χ3v) is 4.47. The molecule has 0 radical (unpaired) electrons. The van der Waals surface area contributed by atoms with Gasteiger partial charge in [0.05, 0.1) is 18.3 Å². The SMILES string of the molecule is CCNC(=NCc1c(C)nn(C)c1C)NC(C)c1ccccc1Cl. The number of benzene rings is 1. The van der Waals surface area contributed by atoms with Gasteiger partial charge in [0.25, 0.3) is 0 Å². The smallest absolute Gasteiger partial charge is 0.192 e. The highest BCUT2D eigenvalue weighted by atomic mass is 35.5. The Hall–Kier alpha value is -2.01. The van der Waals surface area contributed by atoms with E-state index in [-0.39, 0.29) is 6.04 Å². The molecule has 2 N–H and O–H groups in total. The van der Waals surface area contributed by atoms with E-state index in [4.69, 9.17) is 16.6 Å². The number of nitrogens with one attached hydrogen (secondary N) is 2. The van der Waals surface area contributed by atoms with E-state index in [0.29, 0.717) is 6.54 Å². The maximum Gasteiger partial charge on any atom is 0.192 e. The number of aryl methyl sites for hydroxylation is 2. The summed E-state index contributed by atoms with van der Waals surface area (Å²) < 4.78 is 1.90. The van der Waals surface area contributed by atoms with Gasteiger partial charge in [-0.15, -0.1) is 0 Å². The molecule has 2 aromatic rings. The van der Waals surface area contributed by atoms with Crippen LogP contribution in [0.25, 0.3) is 0 Å². The summed E-state index contributed by atoms with van der Waals surface area (Å²) in [4.78, 5) is 4.71. The number of nitrogens with zero attached hydrogens (tertiary/aromatic N) is 3. The molecule has 0 aliphatic rings. The van der Waals surface area contributed by atoms with Crippen LogP contribution >= 0.6 is 11.6 Å². The van der Waals surface area contributed by atoms with E-state index in [9.17, 15) is 0 Å². The second kappa shape index (κ2) is 8.20. The van der Waals surface area contributed by atoms with E-state index in [2.05, 4.69) is 36.5 Å². The van der Waals surface area contributed by atoms with Gasteiger partial charge in [0.2, 0.25) is 0 Å². The molecule has 1 atom stereocenters. The molecular formula is C18H26ClN5. The number of guanidine groups is 1. The molecule has 1 unspecified atom stereocenters. The number of aliphatic imine (C=N–C) groups is 1. The van der Waals surface area contributed by atoms with E-state index in [0.717, 1.165) is 34.5 Å². The lowest BCUT2D eigenvalue weighted by molar-refractivity contribution is 0.686. The Kier molecular flexibility index (Phi) is 6.26. The third-order valence-electron chi connectivity index (χ3n) is 4.12. The van der Waals surface area contributed by atoms with Crippen LogP contribution < -0.4 is 10.6 Å². The minimum absolute atomic E-state index is 0.0626. The number of rotatable bonds is 5. The van der Waals surface area contributed by atoms with E-state index in [1.165, 1.54) is 5.56 Å². The van der Waals surface area contributed by atoms with Crippen molar-refractivity contribution in [2.24, 2.45) is 12.0 Å². The Morgan fingerprint density at radius 2 is 2.04 bits per heavy atom. The highest BCUT2D eigenvalue weighted by Gasteiger charge is 2.12. The molecule has 130 valence electrons. The predicted molar refractivity (Wildman–Crippen MR) is 101 cm³/mol. The van der Waals surface area contributed by atoms with Gasteiger partial charge in [-0.05, 0) is 39.3 Å². The summed E-state index contributed by atoms with van der Waals surface area (Å²) in [5, 5.41) is 11.9. The Bertz CT molecular complexity index is 720. The standard InChI is InChI=1S/C18H26ClN5/c1-6-20-18(21-11-16-13(3)23-24(5)14(16)4)22-12(2)15-9-7-8-10-17(15)19/h7-10,12H,6,11H2,1-5H3,(H2,20,21,22). The molecule has 5 nitrogen and oxygen atoms in total. The molecule has 1 heterocycles. The van der Waals surface area contributed by atoms with E-state index >= 15 is 0 Å². The summed E-state index contributed by atoms with van der Waals surface area (Å²) in [6.07, 6.45) is 0. The molecule has 0 aliphatic carbocycles. The van der Waals surface area contributed by atoms with Crippen LogP contribution in [0.15, 0.2) is 29.3 Å². The highest BCUT2D eigenvalue weighted by Crippen LogP contribution is 2.22. The Balaban J connectivity index is 2.15. The van der Waals surface area contributed by atoms with E-state index < -0.39 is 0 Å². The Labute approximate surface area is 149 Å². The summed E-state index contributed by atoms with van der Waals surface area (Å²) >= 11 is 6.29. The van der Waals surface area contributed by atoms with Crippen LogP contribution in [0, 0.1) is 13.8 Å². The lowest BCUT2D eigenvalue weighted by atomic mass is 10.1. The average molecular weight is 348 g/mol. The molecule has 24 heavy (non-hydrogen) atoms. The summed E-state index contributed by atoms with van der Waals surface area (Å²) in [5.41, 5.74) is 4.39. The van der Waals surface area contributed by atoms with Gasteiger partial charge >= 0.3 is 0 Å². The maximum atomic E-state index is 6.29. The summed E-state index contributed by atoms with van der Waals surface area (Å²) in [6.45, 7) is 9.61. The lowest BCUT2D eigenvalue weighted by Crippen LogP contribution is -2.38. The number of hydrogen-bond acceptors (Lipinski definition) is 2. The second-order valence-electron chi connectivity index (χ2n) is 5.86. The quantitative estimate of drug-likeness (QED) is 0.643. The van der Waals surface area contributed by atoms with E-state index in [1.54, 1.807) is 0 Å². The topological polar surface area (TPSA) is 54.2 Å². The van der Waals surface area contributed by atoms with Crippen molar-refractivity contribution in [1.29, 1.82) is 0 Å². The zero-order valence-electron chi connectivity index (χ0n) is 15.0. The molecule has 6 heteroatoms. The van der Waals surface area contributed by atoms with E-state index in [1.807, 2.05) is 42.9 Å². The zero-order chi connectivity index (χ0) is 17.7. The second-order valence-corrected chi connectivity index (χ2v) is 6.26. The fourth-order valence-electron chi connectivity index (χ4n) is 2.63. The summed E-state index contributed by atoms with van der Waals surface area (Å²) in [6, 6.07) is 7.92. The minimum Gasteiger partial charge on any atom is -0.357 e. The molecule has 0 bridgehead atoms. The van der Waals surface area contributed by atoms with Crippen molar-refractivity contribution in [1.82, 2.24) is 20.4 Å². The van der Waals surface area contributed by atoms with Crippen LogP contribution in [0.5, 0.6) is 0 Å². The van der Waals surface area contributed by atoms with Crippen molar-refractivity contribution >= 4 is 17.6 Å². The number of hydrogen-bond donors (Lipinski definition) is 2. The Morgan fingerprint density at radius 3 is 2.62 bits per heavy atom. The lowest BCUT2D eigenvalue weighted by Gasteiger charge is -2.19. The molecule has 1 aromatic heterocycles. The minimum atomic E-state index is 0.0626. The van der Waals surface area contributed by atoms with Gasteiger partial charge in [0, 0.05) is 29.9 Å². The Morgan fingerprint density at radius 1 is 1.33 bits per heavy atom. The molecular weight excluding hydrogens is 322 g/mol. The predicted octanol–water partition coefficient (Wildman–Crippen LogP) is 3.51. The van der Waals surface area contributed by atoms with Crippen molar-refractivity contribution in [3.05, 3.63) is 51.8 Å². The third kappa shape index (κ3) is 4.29. The fourth-order valence-corrected chi connectivity index (χ4v) is 2.93. The van der Waals surface area contributed by atoms with Crippen LogP contribution in [0.4, 0.5) is 0 Å². The van der Waals surface area contributed by atoms with Crippen LogP contribution in [0.2, 0.25) is 5.02 Å². The molecule has 0 spiro atoms. The van der Waals surface area contributed by atoms with Crippen molar-refractivity contribution in [3.63, 3.8) is 0 Å². The first-order chi connectivity index (χ1) is 11.4. The van der Waals surface area contributed by atoms with Crippen molar-refractivity contribution < 1.29 is 0 Å². The summed E-state index contributed by atoms with van der Waals surface area (Å²) in [7, 11) is 1.96. The van der Waals surface area contributed by atoms with Gasteiger partial charge in [-0.3, -0.25) is 4.68 Å². The molecule has 2 rings (SSSR count). The maximum absolute atomic E-state index is 6.29. The van der Waals surface area contributed by atoms with Gasteiger partial charge in [-0.25, -0.2) is 4.99 Å². The molecule has 0 saturated heterocycles. The van der Waals surface area contributed by atoms with Gasteiger partial charge in [-0.2, -0.15) is 5.10 Å². The molecule has 0 saturated carbocycles. The first-order valence-electron chi connectivity index (χ1n) is 8.22. The first kappa shape index (κ1) is 18.3. The normalized spacial score (nSPS) is 13.0. The fraction of sp³-hybridized carbons (Fsp3) is 0.444. The zero-order valence-corrected chi connectivity index (χ0v) is 15.8. The monoisotopic (exact) mass is 347 g/mol. The van der Waals surface area contributed by atoms with Crippen molar-refractivity contribution in [2.45, 2.75) is 40.3 Å². The van der Waals surface area contributed by atoms with Crippen LogP contribution in [0.3, 0.4) is 0 Å². The average Bonchev–Trinajstić information content (AvgIpc) is 2.78. The first-order valence-corrected chi connectivity index (χ1v) is 8.60. The van der Waals surface area contributed by atoms with Crippen LogP contribution in [0.1, 0.15) is 42.4 Å². The van der Waals surface area contributed by atoms with Gasteiger partial charge in [0.1, 0.15) is 0 Å². The van der Waals surface area contributed by atoms with Crippen LogP contribution in [-0.4, -0.2) is 22.3 Å². The number of aromatic nitrogens is 2. The molecule has 0 aliphatic heterocycles. The molecule has 1 aromatic carbocycles. The van der Waals surface area contributed by atoms with Crippen LogP contribution in [-0.2, 0) is 13.6 Å². The van der Waals surface area contributed by atoms with Gasteiger partial charge in [-0.1, -0.05) is 29.8 Å². The molecule has 0 amide bonds. The highest BCUT2D eigenvalue weighted by molar-refractivity contribution is 6.31. The molecule has 0 fully saturated rings. The van der Waals surface area contributed by atoms with Gasteiger partial charge in [0.15, 0.2) is 5.96 Å². The largest absolute Gasteiger partial charge is 0.357 e. The van der Waals surface area contributed by atoms with Crippen molar-refractivity contribution in [3.8, 4) is 0 Å². The summed E-state index contributed by atoms with van der Waals surface area (Å²) in [5.74, 6) is 0.771.